The molecule has 0 spiro atoms. The Balaban J connectivity index is 2.51. The monoisotopic (exact) mass is 229 g/mol. The van der Waals surface area contributed by atoms with Gasteiger partial charge < -0.3 is 11.1 Å². The number of rotatable bonds is 3. The fraction of sp³-hybridized carbons (Fsp3) is 0.0909. The van der Waals surface area contributed by atoms with Crippen LogP contribution in [0.2, 0.25) is 0 Å². The van der Waals surface area contributed by atoms with Crippen molar-refractivity contribution in [2.45, 2.75) is 0 Å². The molecule has 0 aliphatic rings. The standard InChI is InChI=1S/C11H11N5O/c1-13-11-8(10(12)17)5-9(15-16-11)7-3-2-4-14-6-7/h2-6H,1H3,(H2,12,17)(H,13,16). The van der Waals surface area contributed by atoms with Crippen LogP contribution in [0.15, 0.2) is 30.6 Å². The van der Waals surface area contributed by atoms with Gasteiger partial charge >= 0.3 is 0 Å². The molecule has 0 bridgehead atoms. The molecule has 2 heterocycles. The van der Waals surface area contributed by atoms with Crippen molar-refractivity contribution < 1.29 is 4.79 Å². The SMILES string of the molecule is CNc1nnc(-c2cccnc2)cc1C(N)=O. The second-order valence-electron chi connectivity index (χ2n) is 3.35. The summed E-state index contributed by atoms with van der Waals surface area (Å²) in [5, 5.41) is 10.7. The van der Waals surface area contributed by atoms with Crippen molar-refractivity contribution in [3.63, 3.8) is 0 Å². The Morgan fingerprint density at radius 1 is 1.41 bits per heavy atom. The number of pyridine rings is 1. The van der Waals surface area contributed by atoms with Gasteiger partial charge in [0, 0.05) is 25.0 Å². The molecule has 0 unspecified atom stereocenters. The molecule has 1 amide bonds. The van der Waals surface area contributed by atoms with E-state index in [2.05, 4.69) is 20.5 Å². The Bertz CT molecular complexity index is 541. The highest BCUT2D eigenvalue weighted by Crippen LogP contribution is 2.19. The Morgan fingerprint density at radius 3 is 2.82 bits per heavy atom. The van der Waals surface area contributed by atoms with Crippen molar-refractivity contribution in [3.8, 4) is 11.3 Å². The molecule has 86 valence electrons. The third-order valence-corrected chi connectivity index (χ3v) is 2.25. The van der Waals surface area contributed by atoms with Gasteiger partial charge in [-0.05, 0) is 18.2 Å². The van der Waals surface area contributed by atoms with Gasteiger partial charge in [-0.1, -0.05) is 0 Å². The molecule has 0 fully saturated rings. The third kappa shape index (κ3) is 2.20. The number of amides is 1. The fourth-order valence-corrected chi connectivity index (χ4v) is 1.42. The van der Waals surface area contributed by atoms with Crippen molar-refractivity contribution in [3.05, 3.63) is 36.2 Å². The molecule has 2 aromatic heterocycles. The van der Waals surface area contributed by atoms with Crippen molar-refractivity contribution in [1.29, 1.82) is 0 Å². The quantitative estimate of drug-likeness (QED) is 0.807. The van der Waals surface area contributed by atoms with Gasteiger partial charge in [0.05, 0.1) is 11.3 Å². The summed E-state index contributed by atoms with van der Waals surface area (Å²) in [7, 11) is 1.65. The van der Waals surface area contributed by atoms with Crippen LogP contribution in [0.4, 0.5) is 5.82 Å². The van der Waals surface area contributed by atoms with E-state index in [9.17, 15) is 4.79 Å². The summed E-state index contributed by atoms with van der Waals surface area (Å²) in [5.41, 5.74) is 6.93. The van der Waals surface area contributed by atoms with E-state index >= 15 is 0 Å². The van der Waals surface area contributed by atoms with Crippen LogP contribution in [0.1, 0.15) is 10.4 Å². The number of carbonyl (C=O) groups is 1. The average Bonchev–Trinajstić information content (AvgIpc) is 2.39. The summed E-state index contributed by atoms with van der Waals surface area (Å²) in [4.78, 5) is 15.2. The first kappa shape index (κ1) is 11.0. The molecular weight excluding hydrogens is 218 g/mol. The van der Waals surface area contributed by atoms with Gasteiger partial charge in [0.2, 0.25) is 0 Å². The predicted molar refractivity (Wildman–Crippen MR) is 63.3 cm³/mol. The summed E-state index contributed by atoms with van der Waals surface area (Å²) >= 11 is 0. The van der Waals surface area contributed by atoms with Crippen LogP contribution in [0.3, 0.4) is 0 Å². The van der Waals surface area contributed by atoms with Crippen molar-refractivity contribution in [1.82, 2.24) is 15.2 Å². The summed E-state index contributed by atoms with van der Waals surface area (Å²) in [5.74, 6) is -0.181. The lowest BCUT2D eigenvalue weighted by Crippen LogP contribution is -2.15. The molecule has 2 aromatic rings. The molecule has 0 atom stereocenters. The molecule has 6 nitrogen and oxygen atoms in total. The third-order valence-electron chi connectivity index (χ3n) is 2.25. The van der Waals surface area contributed by atoms with Crippen LogP contribution in [0.25, 0.3) is 11.3 Å². The van der Waals surface area contributed by atoms with Gasteiger partial charge in [-0.3, -0.25) is 9.78 Å². The second-order valence-corrected chi connectivity index (χ2v) is 3.35. The molecule has 2 rings (SSSR count). The second kappa shape index (κ2) is 4.56. The number of primary amides is 1. The van der Waals surface area contributed by atoms with E-state index in [0.717, 1.165) is 5.56 Å². The van der Waals surface area contributed by atoms with Gasteiger partial charge in [-0.2, -0.15) is 0 Å². The lowest BCUT2D eigenvalue weighted by molar-refractivity contribution is 0.100. The van der Waals surface area contributed by atoms with E-state index in [0.29, 0.717) is 17.1 Å². The highest BCUT2D eigenvalue weighted by atomic mass is 16.1. The van der Waals surface area contributed by atoms with Gasteiger partial charge in [0.15, 0.2) is 5.82 Å². The Hall–Kier alpha value is -2.50. The number of hydrogen-bond acceptors (Lipinski definition) is 5. The zero-order chi connectivity index (χ0) is 12.3. The van der Waals surface area contributed by atoms with Crippen LogP contribution in [-0.2, 0) is 0 Å². The fourth-order valence-electron chi connectivity index (χ4n) is 1.42. The van der Waals surface area contributed by atoms with Gasteiger partial charge in [0.1, 0.15) is 0 Å². The van der Waals surface area contributed by atoms with Crippen LogP contribution in [0.5, 0.6) is 0 Å². The van der Waals surface area contributed by atoms with E-state index in [-0.39, 0.29) is 0 Å². The van der Waals surface area contributed by atoms with Crippen LogP contribution in [0, 0.1) is 0 Å². The van der Waals surface area contributed by atoms with Crippen LogP contribution < -0.4 is 11.1 Å². The molecular formula is C11H11N5O. The maximum atomic E-state index is 11.3. The highest BCUT2D eigenvalue weighted by Gasteiger charge is 2.11. The van der Waals surface area contributed by atoms with Gasteiger partial charge in [0.25, 0.3) is 5.91 Å². The topological polar surface area (TPSA) is 93.8 Å². The summed E-state index contributed by atoms with van der Waals surface area (Å²) in [6.07, 6.45) is 3.31. The molecule has 17 heavy (non-hydrogen) atoms. The smallest absolute Gasteiger partial charge is 0.252 e. The number of nitrogens with one attached hydrogen (secondary N) is 1. The highest BCUT2D eigenvalue weighted by molar-refractivity contribution is 5.98. The maximum Gasteiger partial charge on any atom is 0.252 e. The molecule has 0 aromatic carbocycles. The molecule has 0 radical (unpaired) electrons. The van der Waals surface area contributed by atoms with E-state index in [1.54, 1.807) is 31.6 Å². The minimum Gasteiger partial charge on any atom is -0.371 e. The number of nitrogens with two attached hydrogens (primary N) is 1. The first-order valence-electron chi connectivity index (χ1n) is 4.98. The maximum absolute atomic E-state index is 11.3. The zero-order valence-electron chi connectivity index (χ0n) is 9.21. The summed E-state index contributed by atoms with van der Waals surface area (Å²) in [6.45, 7) is 0. The van der Waals surface area contributed by atoms with E-state index in [1.807, 2.05) is 6.07 Å². The molecule has 0 saturated heterocycles. The van der Waals surface area contributed by atoms with E-state index in [4.69, 9.17) is 5.73 Å². The molecule has 6 heteroatoms. The lowest BCUT2D eigenvalue weighted by Gasteiger charge is -2.06. The van der Waals surface area contributed by atoms with Gasteiger partial charge in [-0.25, -0.2) is 0 Å². The number of hydrogen-bond donors (Lipinski definition) is 2. The van der Waals surface area contributed by atoms with Crippen LogP contribution in [-0.4, -0.2) is 28.1 Å². The Labute approximate surface area is 97.9 Å². The molecule has 3 N–H and O–H groups in total. The first-order valence-corrected chi connectivity index (χ1v) is 4.98. The summed E-state index contributed by atoms with van der Waals surface area (Å²) in [6, 6.07) is 5.21. The van der Waals surface area contributed by atoms with E-state index < -0.39 is 5.91 Å². The average molecular weight is 229 g/mol. The van der Waals surface area contributed by atoms with E-state index in [1.165, 1.54) is 0 Å². The lowest BCUT2D eigenvalue weighted by atomic mass is 10.1. The van der Waals surface area contributed by atoms with Crippen LogP contribution >= 0.6 is 0 Å². The van der Waals surface area contributed by atoms with Crippen molar-refractivity contribution in [2.24, 2.45) is 5.73 Å². The Morgan fingerprint density at radius 2 is 2.24 bits per heavy atom. The van der Waals surface area contributed by atoms with Crippen molar-refractivity contribution in [2.75, 3.05) is 12.4 Å². The zero-order valence-corrected chi connectivity index (χ0v) is 9.21. The number of carbonyl (C=O) groups excluding carboxylic acids is 1. The van der Waals surface area contributed by atoms with Gasteiger partial charge in [-0.15, -0.1) is 10.2 Å². The van der Waals surface area contributed by atoms with Crippen molar-refractivity contribution >= 4 is 11.7 Å². The molecule has 0 aliphatic heterocycles. The minimum atomic E-state index is -0.547. The number of aromatic nitrogens is 3. The minimum absolute atomic E-state index is 0.307. The largest absolute Gasteiger partial charge is 0.371 e. The Kier molecular flexibility index (Phi) is 2.95. The first-order chi connectivity index (χ1) is 8.22. The predicted octanol–water partition coefficient (Wildman–Crippen LogP) is 0.679. The number of anilines is 1. The molecule has 0 aliphatic carbocycles. The molecule has 0 saturated carbocycles. The normalized spacial score (nSPS) is 9.94. The summed E-state index contributed by atoms with van der Waals surface area (Å²) < 4.78 is 0. The number of nitrogens with zero attached hydrogens (tertiary/aromatic N) is 3.